The van der Waals surface area contributed by atoms with Gasteiger partial charge in [-0.1, -0.05) is 17.5 Å². The molecule has 0 saturated heterocycles. The Labute approximate surface area is 86.4 Å². The third kappa shape index (κ3) is 2.76. The van der Waals surface area contributed by atoms with Crippen molar-refractivity contribution in [3.63, 3.8) is 0 Å². The number of ether oxygens (including phenoxy) is 1. The van der Waals surface area contributed by atoms with Crippen LogP contribution in [0.2, 0.25) is 5.02 Å². The minimum absolute atomic E-state index is 0.114. The number of nitrogens with one attached hydrogen (secondary N) is 1. The molecule has 14 heavy (non-hydrogen) atoms. The molecule has 0 radical (unpaired) electrons. The molecule has 0 amide bonds. The summed E-state index contributed by atoms with van der Waals surface area (Å²) in [6.07, 6.45) is 6.38. The van der Waals surface area contributed by atoms with Crippen molar-refractivity contribution in [1.29, 1.82) is 0 Å². The summed E-state index contributed by atoms with van der Waals surface area (Å²) >= 11 is 5.76. The standard InChI is InChI=1S/C8H8ClN3O2/c1-3-4-14-12-7-6(9)5-10-8(11-7)13-2/h1,5H,4H2,2H3,(H,10,11,12). The van der Waals surface area contributed by atoms with Crippen LogP contribution in [0, 0.1) is 12.3 Å². The maximum atomic E-state index is 5.76. The van der Waals surface area contributed by atoms with Gasteiger partial charge in [-0.25, -0.2) is 10.5 Å². The molecule has 0 aliphatic heterocycles. The predicted molar refractivity (Wildman–Crippen MR) is 52.0 cm³/mol. The molecule has 1 rings (SSSR count). The van der Waals surface area contributed by atoms with E-state index in [-0.39, 0.29) is 12.6 Å². The minimum Gasteiger partial charge on any atom is -0.467 e. The molecule has 0 aliphatic rings. The van der Waals surface area contributed by atoms with Gasteiger partial charge in [-0.15, -0.1) is 6.42 Å². The third-order valence-corrected chi connectivity index (χ3v) is 1.51. The monoisotopic (exact) mass is 213 g/mol. The minimum atomic E-state index is 0.114. The summed E-state index contributed by atoms with van der Waals surface area (Å²) in [5.74, 6) is 2.60. The van der Waals surface area contributed by atoms with Crippen LogP contribution < -0.4 is 10.2 Å². The van der Waals surface area contributed by atoms with Crippen molar-refractivity contribution in [2.75, 3.05) is 19.2 Å². The van der Waals surface area contributed by atoms with Gasteiger partial charge in [0.1, 0.15) is 11.6 Å². The Bertz CT molecular complexity index is 351. The molecule has 0 fully saturated rings. The molecule has 0 atom stereocenters. The highest BCUT2D eigenvalue weighted by Gasteiger charge is 2.04. The Hall–Kier alpha value is -1.51. The summed E-state index contributed by atoms with van der Waals surface area (Å²) in [6, 6.07) is 0.196. The van der Waals surface area contributed by atoms with E-state index in [1.54, 1.807) is 0 Å². The van der Waals surface area contributed by atoms with Crippen molar-refractivity contribution in [2.45, 2.75) is 0 Å². The van der Waals surface area contributed by atoms with Gasteiger partial charge in [0.2, 0.25) is 0 Å². The van der Waals surface area contributed by atoms with Gasteiger partial charge in [-0.3, -0.25) is 4.84 Å². The van der Waals surface area contributed by atoms with Gasteiger partial charge in [0.25, 0.3) is 0 Å². The summed E-state index contributed by atoms with van der Waals surface area (Å²) in [4.78, 5) is 12.5. The molecule has 1 aromatic heterocycles. The topological polar surface area (TPSA) is 56.3 Å². The largest absolute Gasteiger partial charge is 0.467 e. The molecule has 1 aromatic rings. The first kappa shape index (κ1) is 10.6. The third-order valence-electron chi connectivity index (χ3n) is 1.23. The molecular weight excluding hydrogens is 206 g/mol. The molecule has 1 N–H and O–H groups in total. The second kappa shape index (κ2) is 5.27. The average Bonchev–Trinajstić information content (AvgIpc) is 2.21. The van der Waals surface area contributed by atoms with E-state index in [0.29, 0.717) is 10.8 Å². The highest BCUT2D eigenvalue weighted by atomic mass is 35.5. The van der Waals surface area contributed by atoms with Crippen molar-refractivity contribution in [3.05, 3.63) is 11.2 Å². The lowest BCUT2D eigenvalue weighted by Gasteiger charge is -2.05. The Morgan fingerprint density at radius 1 is 1.71 bits per heavy atom. The van der Waals surface area contributed by atoms with Crippen LogP contribution in [-0.4, -0.2) is 23.7 Å². The summed E-state index contributed by atoms with van der Waals surface area (Å²) in [5, 5.41) is 0.322. The van der Waals surface area contributed by atoms with E-state index >= 15 is 0 Å². The van der Waals surface area contributed by atoms with E-state index < -0.39 is 0 Å². The van der Waals surface area contributed by atoms with Gasteiger partial charge in [-0.05, 0) is 0 Å². The van der Waals surface area contributed by atoms with Crippen LogP contribution in [0.3, 0.4) is 0 Å². The Balaban J connectivity index is 2.69. The maximum Gasteiger partial charge on any atom is 0.318 e. The van der Waals surface area contributed by atoms with E-state index in [2.05, 4.69) is 21.4 Å². The first-order chi connectivity index (χ1) is 6.77. The fourth-order valence-corrected chi connectivity index (χ4v) is 0.797. The SMILES string of the molecule is C#CCONc1nc(OC)ncc1Cl. The van der Waals surface area contributed by atoms with Crippen LogP contribution in [0.5, 0.6) is 6.01 Å². The molecule has 0 spiro atoms. The second-order valence-corrected chi connectivity index (χ2v) is 2.56. The predicted octanol–water partition coefficient (Wildman–Crippen LogP) is 1.12. The molecule has 0 bridgehead atoms. The van der Waals surface area contributed by atoms with E-state index in [1.165, 1.54) is 13.3 Å². The zero-order valence-electron chi connectivity index (χ0n) is 7.45. The van der Waals surface area contributed by atoms with E-state index in [9.17, 15) is 0 Å². The molecule has 0 unspecified atom stereocenters. The van der Waals surface area contributed by atoms with Crippen molar-refractivity contribution < 1.29 is 9.57 Å². The van der Waals surface area contributed by atoms with Gasteiger partial charge >= 0.3 is 6.01 Å². The molecule has 1 heterocycles. The summed E-state index contributed by atoms with van der Waals surface area (Å²) in [6.45, 7) is 0.114. The molecule has 0 aliphatic carbocycles. The molecule has 0 saturated carbocycles. The lowest BCUT2D eigenvalue weighted by Crippen LogP contribution is -2.05. The van der Waals surface area contributed by atoms with Crippen LogP contribution in [0.1, 0.15) is 0 Å². The molecule has 6 heteroatoms. The number of aromatic nitrogens is 2. The van der Waals surface area contributed by atoms with Crippen molar-refractivity contribution in [3.8, 4) is 18.4 Å². The Morgan fingerprint density at radius 3 is 3.14 bits per heavy atom. The lowest BCUT2D eigenvalue weighted by molar-refractivity contribution is 0.231. The fourth-order valence-electron chi connectivity index (χ4n) is 0.667. The zero-order valence-corrected chi connectivity index (χ0v) is 8.21. The maximum absolute atomic E-state index is 5.76. The van der Waals surface area contributed by atoms with Crippen LogP contribution >= 0.6 is 11.6 Å². The van der Waals surface area contributed by atoms with Gasteiger partial charge in [-0.2, -0.15) is 4.98 Å². The van der Waals surface area contributed by atoms with Crippen LogP contribution in [0.15, 0.2) is 6.20 Å². The number of halogens is 1. The average molecular weight is 214 g/mol. The summed E-state index contributed by atoms with van der Waals surface area (Å²) in [5.41, 5.74) is 2.48. The van der Waals surface area contributed by atoms with Gasteiger partial charge in [0.15, 0.2) is 5.82 Å². The molecule has 5 nitrogen and oxygen atoms in total. The van der Waals surface area contributed by atoms with Crippen molar-refractivity contribution in [1.82, 2.24) is 9.97 Å². The summed E-state index contributed by atoms with van der Waals surface area (Å²) < 4.78 is 4.80. The Kier molecular flexibility index (Phi) is 3.98. The number of hydrogen-bond donors (Lipinski definition) is 1. The smallest absolute Gasteiger partial charge is 0.318 e. The highest BCUT2D eigenvalue weighted by molar-refractivity contribution is 6.32. The fraction of sp³-hybridized carbons (Fsp3) is 0.250. The number of anilines is 1. The normalized spacial score (nSPS) is 9.21. The van der Waals surface area contributed by atoms with E-state index in [0.717, 1.165) is 0 Å². The molecule has 0 aromatic carbocycles. The first-order valence-electron chi connectivity index (χ1n) is 3.65. The van der Waals surface area contributed by atoms with Gasteiger partial charge < -0.3 is 4.74 Å². The van der Waals surface area contributed by atoms with Crippen LogP contribution in [0.25, 0.3) is 0 Å². The quantitative estimate of drug-likeness (QED) is 0.461. The molecule has 74 valence electrons. The van der Waals surface area contributed by atoms with Crippen LogP contribution in [0.4, 0.5) is 5.82 Å². The van der Waals surface area contributed by atoms with Crippen molar-refractivity contribution in [2.24, 2.45) is 0 Å². The second-order valence-electron chi connectivity index (χ2n) is 2.15. The first-order valence-corrected chi connectivity index (χ1v) is 4.03. The van der Waals surface area contributed by atoms with Crippen LogP contribution in [-0.2, 0) is 4.84 Å². The van der Waals surface area contributed by atoms with Crippen molar-refractivity contribution >= 4 is 17.4 Å². The lowest BCUT2D eigenvalue weighted by atomic mass is 10.6. The molecular formula is C8H8ClN3O2. The number of rotatable bonds is 4. The van der Waals surface area contributed by atoms with Gasteiger partial charge in [0.05, 0.1) is 13.3 Å². The van der Waals surface area contributed by atoms with E-state index in [4.69, 9.17) is 27.6 Å². The highest BCUT2D eigenvalue weighted by Crippen LogP contribution is 2.19. The number of nitrogens with zero attached hydrogens (tertiary/aromatic N) is 2. The number of hydrogen-bond acceptors (Lipinski definition) is 5. The van der Waals surface area contributed by atoms with Gasteiger partial charge in [0, 0.05) is 0 Å². The zero-order chi connectivity index (χ0) is 10.4. The number of methoxy groups -OCH3 is 1. The van der Waals surface area contributed by atoms with E-state index in [1.807, 2.05) is 0 Å². The number of terminal acetylenes is 1. The summed E-state index contributed by atoms with van der Waals surface area (Å²) in [7, 11) is 1.45. The Morgan fingerprint density at radius 2 is 2.50 bits per heavy atom.